The standard InChI is InChI=1S/C16H12ClN3O3S/c17-9-5-6-13-12(7-9)20-16(23-13)24-8-14(21)19-11-4-2-1-3-10(11)15(18)22/h1-7H,8H2,(H2,18,22)(H,19,21). The Balaban J connectivity index is 1.66. The average Bonchev–Trinajstić information content (AvgIpc) is 2.95. The zero-order valence-corrected chi connectivity index (χ0v) is 13.9. The Labute approximate surface area is 146 Å². The number of carbonyl (C=O) groups is 2. The predicted octanol–water partition coefficient (Wildman–Crippen LogP) is 3.31. The summed E-state index contributed by atoms with van der Waals surface area (Å²) in [5.41, 5.74) is 7.14. The molecule has 0 fully saturated rings. The number of oxazole rings is 1. The van der Waals surface area contributed by atoms with Gasteiger partial charge in [0.15, 0.2) is 5.58 Å². The lowest BCUT2D eigenvalue weighted by Gasteiger charge is -2.07. The molecular formula is C16H12ClN3O3S. The summed E-state index contributed by atoms with van der Waals surface area (Å²) in [7, 11) is 0. The van der Waals surface area contributed by atoms with Gasteiger partial charge in [-0.3, -0.25) is 9.59 Å². The van der Waals surface area contributed by atoms with Gasteiger partial charge in [0.05, 0.1) is 17.0 Å². The van der Waals surface area contributed by atoms with E-state index in [0.29, 0.717) is 27.0 Å². The highest BCUT2D eigenvalue weighted by Crippen LogP contribution is 2.25. The van der Waals surface area contributed by atoms with Crippen LogP contribution in [0.1, 0.15) is 10.4 Å². The maximum absolute atomic E-state index is 12.1. The van der Waals surface area contributed by atoms with Crippen LogP contribution in [0.4, 0.5) is 5.69 Å². The highest BCUT2D eigenvalue weighted by molar-refractivity contribution is 7.99. The van der Waals surface area contributed by atoms with Crippen molar-refractivity contribution in [3.05, 3.63) is 53.1 Å². The molecule has 1 heterocycles. The highest BCUT2D eigenvalue weighted by atomic mass is 35.5. The molecule has 0 spiro atoms. The first-order chi connectivity index (χ1) is 11.5. The van der Waals surface area contributed by atoms with E-state index in [2.05, 4.69) is 10.3 Å². The number of benzene rings is 2. The molecule has 8 heteroatoms. The zero-order chi connectivity index (χ0) is 17.1. The second-order valence-corrected chi connectivity index (χ2v) is 6.20. The number of halogens is 1. The van der Waals surface area contributed by atoms with Crippen LogP contribution in [0.15, 0.2) is 52.1 Å². The molecule has 1 aromatic heterocycles. The van der Waals surface area contributed by atoms with E-state index in [1.54, 1.807) is 42.5 Å². The van der Waals surface area contributed by atoms with E-state index in [0.717, 1.165) is 11.8 Å². The van der Waals surface area contributed by atoms with Gasteiger partial charge in [0.1, 0.15) is 5.52 Å². The van der Waals surface area contributed by atoms with Crippen molar-refractivity contribution in [3.63, 3.8) is 0 Å². The number of amides is 2. The van der Waals surface area contributed by atoms with Crippen molar-refractivity contribution in [1.82, 2.24) is 4.98 Å². The molecule has 0 saturated carbocycles. The van der Waals surface area contributed by atoms with Gasteiger partial charge in [-0.15, -0.1) is 0 Å². The van der Waals surface area contributed by atoms with E-state index >= 15 is 0 Å². The summed E-state index contributed by atoms with van der Waals surface area (Å²) in [4.78, 5) is 27.7. The summed E-state index contributed by atoms with van der Waals surface area (Å²) in [5, 5.41) is 3.58. The van der Waals surface area contributed by atoms with Crippen molar-refractivity contribution in [2.45, 2.75) is 5.22 Å². The SMILES string of the molecule is NC(=O)c1ccccc1NC(=O)CSc1nc2cc(Cl)ccc2o1. The van der Waals surface area contributed by atoms with Gasteiger partial charge >= 0.3 is 0 Å². The predicted molar refractivity (Wildman–Crippen MR) is 93.3 cm³/mol. The van der Waals surface area contributed by atoms with Crippen LogP contribution in [0, 0.1) is 0 Å². The van der Waals surface area contributed by atoms with Gasteiger partial charge < -0.3 is 15.5 Å². The quantitative estimate of drug-likeness (QED) is 0.679. The van der Waals surface area contributed by atoms with Crippen LogP contribution in [0.5, 0.6) is 0 Å². The second-order valence-electron chi connectivity index (χ2n) is 4.84. The van der Waals surface area contributed by atoms with Crippen LogP contribution < -0.4 is 11.1 Å². The molecule has 0 saturated heterocycles. The topological polar surface area (TPSA) is 98.2 Å². The fourth-order valence-corrected chi connectivity index (χ4v) is 2.87. The van der Waals surface area contributed by atoms with Gasteiger partial charge in [0, 0.05) is 5.02 Å². The van der Waals surface area contributed by atoms with Crippen LogP contribution in [0.2, 0.25) is 5.02 Å². The van der Waals surface area contributed by atoms with Gasteiger partial charge in [-0.1, -0.05) is 35.5 Å². The molecular weight excluding hydrogens is 350 g/mol. The zero-order valence-electron chi connectivity index (χ0n) is 12.3. The smallest absolute Gasteiger partial charge is 0.257 e. The number of nitrogens with two attached hydrogens (primary N) is 1. The Hall–Kier alpha value is -2.51. The summed E-state index contributed by atoms with van der Waals surface area (Å²) in [6.45, 7) is 0. The molecule has 0 bridgehead atoms. The molecule has 3 aromatic rings. The second kappa shape index (κ2) is 6.94. The van der Waals surface area contributed by atoms with Crippen LogP contribution in [-0.2, 0) is 4.79 Å². The molecule has 2 amide bonds. The van der Waals surface area contributed by atoms with Crippen molar-refractivity contribution < 1.29 is 14.0 Å². The molecule has 0 aliphatic heterocycles. The first-order valence-electron chi connectivity index (χ1n) is 6.90. The Morgan fingerprint density at radius 3 is 2.83 bits per heavy atom. The van der Waals surface area contributed by atoms with E-state index in [1.807, 2.05) is 0 Å². The van der Waals surface area contributed by atoms with Gasteiger partial charge in [0.2, 0.25) is 5.91 Å². The summed E-state index contributed by atoms with van der Waals surface area (Å²) in [6, 6.07) is 11.7. The minimum Gasteiger partial charge on any atom is -0.431 e. The number of aromatic nitrogens is 1. The number of anilines is 1. The molecule has 24 heavy (non-hydrogen) atoms. The maximum atomic E-state index is 12.1. The number of thioether (sulfide) groups is 1. The minimum atomic E-state index is -0.602. The molecule has 2 aromatic carbocycles. The van der Waals surface area contributed by atoms with Crippen LogP contribution in [0.25, 0.3) is 11.1 Å². The Bertz CT molecular complexity index is 926. The third-order valence-electron chi connectivity index (χ3n) is 3.12. The molecule has 0 radical (unpaired) electrons. The van der Waals surface area contributed by atoms with Crippen molar-refractivity contribution >= 4 is 52.0 Å². The van der Waals surface area contributed by atoms with Gasteiger partial charge in [0.25, 0.3) is 11.1 Å². The van der Waals surface area contributed by atoms with Crippen LogP contribution in [0.3, 0.4) is 0 Å². The fourth-order valence-electron chi connectivity index (χ4n) is 2.06. The monoisotopic (exact) mass is 361 g/mol. The molecule has 3 rings (SSSR count). The summed E-state index contributed by atoms with van der Waals surface area (Å²) < 4.78 is 5.52. The molecule has 122 valence electrons. The van der Waals surface area contributed by atoms with Gasteiger partial charge in [-0.05, 0) is 30.3 Å². The Morgan fingerprint density at radius 1 is 1.25 bits per heavy atom. The number of hydrogen-bond acceptors (Lipinski definition) is 5. The molecule has 3 N–H and O–H groups in total. The third-order valence-corrected chi connectivity index (χ3v) is 4.19. The van der Waals surface area contributed by atoms with Crippen molar-refractivity contribution in [2.75, 3.05) is 11.1 Å². The molecule has 0 unspecified atom stereocenters. The fraction of sp³-hybridized carbons (Fsp3) is 0.0625. The summed E-state index contributed by atoms with van der Waals surface area (Å²) in [6.07, 6.45) is 0. The largest absolute Gasteiger partial charge is 0.431 e. The Kier molecular flexibility index (Phi) is 4.73. The van der Waals surface area contributed by atoms with Gasteiger partial charge in [-0.2, -0.15) is 0 Å². The number of fused-ring (bicyclic) bond motifs is 1. The van der Waals surface area contributed by atoms with Crippen molar-refractivity contribution in [3.8, 4) is 0 Å². The number of nitrogens with one attached hydrogen (secondary N) is 1. The number of para-hydroxylation sites is 1. The lowest BCUT2D eigenvalue weighted by atomic mass is 10.1. The number of hydrogen-bond donors (Lipinski definition) is 2. The number of carbonyl (C=O) groups excluding carboxylic acids is 2. The molecule has 0 atom stereocenters. The van der Waals surface area contributed by atoms with Crippen molar-refractivity contribution in [1.29, 1.82) is 0 Å². The molecule has 0 aliphatic carbocycles. The number of nitrogens with zero attached hydrogens (tertiary/aromatic N) is 1. The van der Waals surface area contributed by atoms with E-state index in [4.69, 9.17) is 21.8 Å². The van der Waals surface area contributed by atoms with Gasteiger partial charge in [-0.25, -0.2) is 4.98 Å². The minimum absolute atomic E-state index is 0.0770. The summed E-state index contributed by atoms with van der Waals surface area (Å²) >= 11 is 7.04. The maximum Gasteiger partial charge on any atom is 0.257 e. The molecule has 6 nitrogen and oxygen atoms in total. The average molecular weight is 362 g/mol. The van der Waals surface area contributed by atoms with Crippen molar-refractivity contribution in [2.24, 2.45) is 5.73 Å². The van der Waals surface area contributed by atoms with E-state index in [1.165, 1.54) is 0 Å². The van der Waals surface area contributed by atoms with Crippen LogP contribution in [-0.4, -0.2) is 22.6 Å². The van der Waals surface area contributed by atoms with E-state index < -0.39 is 5.91 Å². The summed E-state index contributed by atoms with van der Waals surface area (Å²) in [5.74, 6) is -0.823. The normalized spacial score (nSPS) is 10.7. The highest BCUT2D eigenvalue weighted by Gasteiger charge is 2.13. The number of primary amides is 1. The lowest BCUT2D eigenvalue weighted by molar-refractivity contribution is -0.113. The first-order valence-corrected chi connectivity index (χ1v) is 8.27. The number of rotatable bonds is 5. The first kappa shape index (κ1) is 16.4. The van der Waals surface area contributed by atoms with E-state index in [-0.39, 0.29) is 17.2 Å². The Morgan fingerprint density at radius 2 is 2.04 bits per heavy atom. The van der Waals surface area contributed by atoms with E-state index in [9.17, 15) is 9.59 Å². The third kappa shape index (κ3) is 3.69. The lowest BCUT2D eigenvalue weighted by Crippen LogP contribution is -2.19. The molecule has 0 aliphatic rings. The van der Waals surface area contributed by atoms with Crippen LogP contribution >= 0.6 is 23.4 Å².